The normalized spacial score (nSPS) is 18.0. The lowest BCUT2D eigenvalue weighted by molar-refractivity contribution is 0.106. The van der Waals surface area contributed by atoms with E-state index in [-0.39, 0.29) is 24.8 Å². The molecule has 31 heavy (non-hydrogen) atoms. The number of halogens is 2. The minimum Gasteiger partial charge on any atom is -0.487 e. The van der Waals surface area contributed by atoms with E-state index in [0.717, 1.165) is 37.7 Å². The van der Waals surface area contributed by atoms with Crippen LogP contribution in [0.4, 0.5) is 0 Å². The van der Waals surface area contributed by atoms with Crippen LogP contribution in [0, 0.1) is 0 Å². The summed E-state index contributed by atoms with van der Waals surface area (Å²) in [7, 11) is 0. The van der Waals surface area contributed by atoms with Gasteiger partial charge in [0.2, 0.25) is 0 Å². The highest BCUT2D eigenvalue weighted by atomic mass is 35.5. The van der Waals surface area contributed by atoms with Crippen LogP contribution >= 0.6 is 36.6 Å². The van der Waals surface area contributed by atoms with Crippen LogP contribution in [0.15, 0.2) is 77.3 Å². The summed E-state index contributed by atoms with van der Waals surface area (Å²) >= 11 is 1.95. The molecule has 168 valence electrons. The first-order valence-corrected chi connectivity index (χ1v) is 11.4. The number of ether oxygens (including phenoxy) is 1. The number of fused-ring (bicyclic) bond motifs is 1. The molecule has 6 heteroatoms. The van der Waals surface area contributed by atoms with Gasteiger partial charge in [-0.15, -0.1) is 36.6 Å². The maximum atomic E-state index is 5.98. The van der Waals surface area contributed by atoms with Gasteiger partial charge in [-0.25, -0.2) is 0 Å². The van der Waals surface area contributed by atoms with Crippen LogP contribution in [0.5, 0.6) is 5.75 Å². The number of thioether (sulfide) groups is 1. The molecule has 0 radical (unpaired) electrons. The molecule has 2 heterocycles. The number of hydrogen-bond acceptors (Lipinski definition) is 4. The van der Waals surface area contributed by atoms with Crippen LogP contribution in [-0.2, 0) is 0 Å². The van der Waals surface area contributed by atoms with Crippen LogP contribution in [0.1, 0.15) is 18.9 Å². The first-order chi connectivity index (χ1) is 14.2. The van der Waals surface area contributed by atoms with E-state index in [2.05, 4.69) is 71.8 Å². The molecule has 1 atom stereocenters. The molecular weight excluding hydrogens is 447 g/mol. The maximum Gasteiger partial charge on any atom is 0.128 e. The topological polar surface area (TPSA) is 15.7 Å². The highest BCUT2D eigenvalue weighted by Crippen LogP contribution is 2.29. The number of nitrogens with zero attached hydrogens (tertiary/aromatic N) is 2. The van der Waals surface area contributed by atoms with Crippen molar-refractivity contribution in [3.63, 3.8) is 0 Å². The second-order valence-electron chi connectivity index (χ2n) is 7.82. The van der Waals surface area contributed by atoms with Gasteiger partial charge in [0.05, 0.1) is 5.70 Å². The summed E-state index contributed by atoms with van der Waals surface area (Å²) in [5, 5.41) is 0. The molecular formula is C25H32Cl2N2OS. The molecule has 0 saturated carbocycles. The first kappa shape index (κ1) is 25.7. The van der Waals surface area contributed by atoms with E-state index >= 15 is 0 Å². The molecule has 0 aliphatic carbocycles. The molecule has 1 unspecified atom stereocenters. The van der Waals surface area contributed by atoms with Crippen LogP contribution in [0.3, 0.4) is 0 Å². The Hall–Kier alpha value is -1.59. The molecule has 2 aliphatic rings. The average Bonchev–Trinajstić information content (AvgIpc) is 2.77. The van der Waals surface area contributed by atoms with Crippen LogP contribution in [-0.4, -0.2) is 54.4 Å². The van der Waals surface area contributed by atoms with Gasteiger partial charge in [-0.3, -0.25) is 4.90 Å². The van der Waals surface area contributed by atoms with E-state index in [0.29, 0.717) is 12.6 Å². The van der Waals surface area contributed by atoms with E-state index in [1.54, 1.807) is 0 Å². The van der Waals surface area contributed by atoms with Gasteiger partial charge < -0.3 is 9.64 Å². The Morgan fingerprint density at radius 1 is 1.06 bits per heavy atom. The standard InChI is InChI=1S/C25H30N2OS.2ClH/c1-20(2)24-18-27(22-17-21-9-6-7-12-25(21)28-19-22)15-14-26(24)13-8-16-29-23-10-4-3-5-11-23;;/h3-7,9-12,17,24H,1,8,13-16,18-19H2,2H3;2*1H. The van der Waals surface area contributed by atoms with Crippen molar-refractivity contribution in [2.24, 2.45) is 0 Å². The van der Waals surface area contributed by atoms with Gasteiger partial charge in [0, 0.05) is 36.1 Å². The Morgan fingerprint density at radius 3 is 2.58 bits per heavy atom. The quantitative estimate of drug-likeness (QED) is 0.275. The number of para-hydroxylation sites is 1. The van der Waals surface area contributed by atoms with Gasteiger partial charge in [0.25, 0.3) is 0 Å². The van der Waals surface area contributed by atoms with E-state index in [9.17, 15) is 0 Å². The smallest absolute Gasteiger partial charge is 0.128 e. The average molecular weight is 480 g/mol. The zero-order chi connectivity index (χ0) is 20.1. The summed E-state index contributed by atoms with van der Waals surface area (Å²) in [4.78, 5) is 6.46. The summed E-state index contributed by atoms with van der Waals surface area (Å²) in [5.74, 6) is 2.14. The lowest BCUT2D eigenvalue weighted by Crippen LogP contribution is -2.53. The SMILES string of the molecule is C=C(C)C1CN(C2=Cc3ccccc3OC2)CCN1CCCSc1ccccc1.Cl.Cl. The minimum absolute atomic E-state index is 0. The van der Waals surface area contributed by atoms with Crippen molar-refractivity contribution in [1.29, 1.82) is 0 Å². The molecule has 3 nitrogen and oxygen atoms in total. The summed E-state index contributed by atoms with van der Waals surface area (Å²) in [6.45, 7) is 11.4. The van der Waals surface area contributed by atoms with Crippen LogP contribution < -0.4 is 4.74 Å². The van der Waals surface area contributed by atoms with Gasteiger partial charge in [-0.1, -0.05) is 48.6 Å². The first-order valence-electron chi connectivity index (χ1n) is 10.5. The van der Waals surface area contributed by atoms with Crippen molar-refractivity contribution in [2.75, 3.05) is 38.5 Å². The molecule has 0 bridgehead atoms. The monoisotopic (exact) mass is 478 g/mol. The third-order valence-electron chi connectivity index (χ3n) is 5.68. The molecule has 0 N–H and O–H groups in total. The molecule has 0 amide bonds. The zero-order valence-corrected chi connectivity index (χ0v) is 20.5. The van der Waals surface area contributed by atoms with Gasteiger partial charge in [-0.05, 0) is 49.9 Å². The fourth-order valence-electron chi connectivity index (χ4n) is 4.08. The fraction of sp³-hybridized carbons (Fsp3) is 0.360. The van der Waals surface area contributed by atoms with Gasteiger partial charge >= 0.3 is 0 Å². The van der Waals surface area contributed by atoms with Crippen molar-refractivity contribution in [1.82, 2.24) is 9.80 Å². The lowest BCUT2D eigenvalue weighted by Gasteiger charge is -2.44. The Morgan fingerprint density at radius 2 is 1.81 bits per heavy atom. The predicted octanol–water partition coefficient (Wildman–Crippen LogP) is 6.01. The van der Waals surface area contributed by atoms with E-state index in [1.165, 1.54) is 28.1 Å². The van der Waals surface area contributed by atoms with Crippen molar-refractivity contribution < 1.29 is 4.74 Å². The molecule has 2 aromatic carbocycles. The Balaban J connectivity index is 0.00000171. The zero-order valence-electron chi connectivity index (χ0n) is 18.0. The van der Waals surface area contributed by atoms with Gasteiger partial charge in [0.15, 0.2) is 0 Å². The van der Waals surface area contributed by atoms with Gasteiger partial charge in [-0.2, -0.15) is 0 Å². The Bertz CT molecular complexity index is 875. The largest absolute Gasteiger partial charge is 0.487 e. The van der Waals surface area contributed by atoms with Crippen molar-refractivity contribution in [3.8, 4) is 5.75 Å². The third kappa shape index (κ3) is 6.69. The summed E-state index contributed by atoms with van der Waals surface area (Å²) in [5.41, 5.74) is 3.72. The van der Waals surface area contributed by atoms with Crippen molar-refractivity contribution >= 4 is 42.7 Å². The fourth-order valence-corrected chi connectivity index (χ4v) is 4.94. The third-order valence-corrected chi connectivity index (χ3v) is 6.78. The molecule has 1 saturated heterocycles. The highest BCUT2D eigenvalue weighted by molar-refractivity contribution is 7.99. The Kier molecular flexibility index (Phi) is 10.3. The molecule has 2 aromatic rings. The molecule has 4 rings (SSSR count). The van der Waals surface area contributed by atoms with E-state index < -0.39 is 0 Å². The van der Waals surface area contributed by atoms with E-state index in [4.69, 9.17) is 4.74 Å². The number of hydrogen-bond donors (Lipinski definition) is 0. The molecule has 0 spiro atoms. The highest BCUT2D eigenvalue weighted by Gasteiger charge is 2.29. The number of piperazine rings is 1. The summed E-state index contributed by atoms with van der Waals surface area (Å²) in [6.07, 6.45) is 3.49. The number of benzene rings is 2. The Labute approximate surface area is 203 Å². The summed E-state index contributed by atoms with van der Waals surface area (Å²) < 4.78 is 5.98. The molecule has 1 fully saturated rings. The van der Waals surface area contributed by atoms with Crippen LogP contribution in [0.2, 0.25) is 0 Å². The van der Waals surface area contributed by atoms with E-state index in [1.807, 2.05) is 23.9 Å². The second kappa shape index (κ2) is 12.4. The molecule has 0 aromatic heterocycles. The summed E-state index contributed by atoms with van der Waals surface area (Å²) in [6, 6.07) is 19.4. The number of rotatable bonds is 7. The molecule has 2 aliphatic heterocycles. The predicted molar refractivity (Wildman–Crippen MR) is 138 cm³/mol. The second-order valence-corrected chi connectivity index (χ2v) is 8.99. The van der Waals surface area contributed by atoms with Gasteiger partial charge in [0.1, 0.15) is 12.4 Å². The minimum atomic E-state index is 0. The van der Waals surface area contributed by atoms with Crippen molar-refractivity contribution in [3.05, 3.63) is 78.0 Å². The maximum absolute atomic E-state index is 5.98. The van der Waals surface area contributed by atoms with Crippen LogP contribution in [0.25, 0.3) is 6.08 Å². The van der Waals surface area contributed by atoms with Crippen molar-refractivity contribution in [2.45, 2.75) is 24.3 Å². The lowest BCUT2D eigenvalue weighted by atomic mass is 10.0.